The Balaban J connectivity index is 0.00000264. The van der Waals surface area contributed by atoms with E-state index in [4.69, 9.17) is 0 Å². The molecule has 1 atom stereocenters. The van der Waals surface area contributed by atoms with E-state index in [0.717, 1.165) is 44.0 Å². The summed E-state index contributed by atoms with van der Waals surface area (Å²) in [5.41, 5.74) is 1.08. The molecule has 1 aliphatic heterocycles. The van der Waals surface area contributed by atoms with Gasteiger partial charge in [0.25, 0.3) is 0 Å². The third-order valence-electron chi connectivity index (χ3n) is 4.59. The van der Waals surface area contributed by atoms with E-state index >= 15 is 0 Å². The summed E-state index contributed by atoms with van der Waals surface area (Å²) in [6.07, 6.45) is 3.47. The van der Waals surface area contributed by atoms with Gasteiger partial charge in [-0.1, -0.05) is 30.3 Å². The lowest BCUT2D eigenvalue weighted by Crippen LogP contribution is -2.44. The molecule has 0 spiro atoms. The predicted octanol–water partition coefficient (Wildman–Crippen LogP) is 2.98. The minimum Gasteiger partial charge on any atom is -0.341 e. The van der Waals surface area contributed by atoms with Gasteiger partial charge >= 0.3 is 0 Å². The van der Waals surface area contributed by atoms with E-state index in [1.165, 1.54) is 6.42 Å². The lowest BCUT2D eigenvalue weighted by molar-refractivity contribution is -0.137. The smallest absolute Gasteiger partial charge is 0.244 e. The van der Waals surface area contributed by atoms with Crippen molar-refractivity contribution in [1.82, 2.24) is 15.1 Å². The number of rotatable bonds is 6. The second kappa shape index (κ2) is 11.7. The monoisotopic (exact) mass is 375 g/mol. The molecule has 138 valence electrons. The van der Waals surface area contributed by atoms with Gasteiger partial charge in [0.15, 0.2) is 0 Å². The van der Waals surface area contributed by atoms with Crippen molar-refractivity contribution in [1.29, 1.82) is 0 Å². The maximum absolute atomic E-state index is 12.9. The van der Waals surface area contributed by atoms with Crippen LogP contribution in [0.4, 0.5) is 0 Å². The predicted molar refractivity (Wildman–Crippen MR) is 105 cm³/mol. The zero-order valence-corrected chi connectivity index (χ0v) is 16.5. The van der Waals surface area contributed by atoms with Crippen molar-refractivity contribution in [3.63, 3.8) is 0 Å². The third kappa shape index (κ3) is 6.25. The van der Waals surface area contributed by atoms with Gasteiger partial charge < -0.3 is 10.2 Å². The molecule has 0 aliphatic carbocycles. The van der Waals surface area contributed by atoms with Crippen LogP contribution in [-0.4, -0.2) is 56.5 Å². The van der Waals surface area contributed by atoms with Crippen molar-refractivity contribution in [2.24, 2.45) is 5.92 Å². The molecule has 1 aliphatic rings. The number of nitrogens with one attached hydrogen (secondary N) is 1. The number of hydrogen-bond donors (Lipinski definition) is 1. The standard InChI is InChI=1S/C18H29N3O.2ClH/c1-19-12-9-15-10-13-21(14-11-15)18(22)17(20(2)3)16-7-5-4-6-8-16;;/h4-8,15,17,19H,9-14H2,1-3H3;2*1H. The summed E-state index contributed by atoms with van der Waals surface area (Å²) in [5.74, 6) is 0.995. The highest BCUT2D eigenvalue weighted by Crippen LogP contribution is 2.25. The second-order valence-corrected chi connectivity index (χ2v) is 6.44. The number of carbonyl (C=O) groups is 1. The van der Waals surface area contributed by atoms with Gasteiger partial charge in [0.2, 0.25) is 5.91 Å². The SMILES string of the molecule is CNCCC1CCN(C(=O)C(c2ccccc2)N(C)C)CC1.Cl.Cl. The Labute approximate surface area is 158 Å². The Morgan fingerprint density at radius 3 is 2.29 bits per heavy atom. The molecule has 0 radical (unpaired) electrons. The van der Waals surface area contributed by atoms with E-state index in [0.29, 0.717) is 0 Å². The normalized spacial score (nSPS) is 16.2. The zero-order valence-electron chi connectivity index (χ0n) is 14.9. The number of nitrogens with zero attached hydrogens (tertiary/aromatic N) is 2. The van der Waals surface area contributed by atoms with Crippen LogP contribution in [0.25, 0.3) is 0 Å². The van der Waals surface area contributed by atoms with Gasteiger partial charge in [-0.25, -0.2) is 0 Å². The van der Waals surface area contributed by atoms with Gasteiger partial charge in [-0.05, 0) is 58.4 Å². The number of piperidine rings is 1. The largest absolute Gasteiger partial charge is 0.341 e. The number of amides is 1. The number of likely N-dealkylation sites (tertiary alicyclic amines) is 1. The number of benzene rings is 1. The number of carbonyl (C=O) groups excluding carboxylic acids is 1. The highest BCUT2D eigenvalue weighted by Gasteiger charge is 2.30. The van der Waals surface area contributed by atoms with Gasteiger partial charge in [0, 0.05) is 13.1 Å². The summed E-state index contributed by atoms with van der Waals surface area (Å²) in [5, 5.41) is 3.22. The average Bonchev–Trinajstić information content (AvgIpc) is 2.54. The maximum Gasteiger partial charge on any atom is 0.244 e. The van der Waals surface area contributed by atoms with Crippen LogP contribution < -0.4 is 5.32 Å². The van der Waals surface area contributed by atoms with E-state index in [-0.39, 0.29) is 36.8 Å². The molecule has 0 bridgehead atoms. The molecule has 6 heteroatoms. The van der Waals surface area contributed by atoms with Gasteiger partial charge in [-0.3, -0.25) is 9.69 Å². The lowest BCUT2D eigenvalue weighted by Gasteiger charge is -2.36. The van der Waals surface area contributed by atoms with Crippen molar-refractivity contribution < 1.29 is 4.79 Å². The Bertz CT molecular complexity index is 463. The lowest BCUT2D eigenvalue weighted by atomic mass is 9.92. The summed E-state index contributed by atoms with van der Waals surface area (Å²) in [7, 11) is 5.96. The summed E-state index contributed by atoms with van der Waals surface area (Å²) in [6.45, 7) is 2.86. The molecular weight excluding hydrogens is 345 g/mol. The van der Waals surface area contributed by atoms with E-state index < -0.39 is 0 Å². The Hall–Kier alpha value is -0.810. The van der Waals surface area contributed by atoms with Gasteiger partial charge in [0.1, 0.15) is 6.04 Å². The van der Waals surface area contributed by atoms with Gasteiger partial charge in [-0.2, -0.15) is 0 Å². The molecule has 1 heterocycles. The van der Waals surface area contributed by atoms with Crippen LogP contribution in [-0.2, 0) is 4.79 Å². The minimum absolute atomic E-state index is 0. The topological polar surface area (TPSA) is 35.6 Å². The fraction of sp³-hybridized carbons (Fsp3) is 0.611. The molecule has 1 saturated heterocycles. The third-order valence-corrected chi connectivity index (χ3v) is 4.59. The molecule has 1 N–H and O–H groups in total. The van der Waals surface area contributed by atoms with Crippen LogP contribution in [0, 0.1) is 5.92 Å². The van der Waals surface area contributed by atoms with Crippen molar-refractivity contribution >= 4 is 30.7 Å². The molecule has 1 aromatic rings. The molecule has 24 heavy (non-hydrogen) atoms. The molecule has 0 aromatic heterocycles. The van der Waals surface area contributed by atoms with Crippen LogP contribution in [0.3, 0.4) is 0 Å². The van der Waals surface area contributed by atoms with E-state index in [1.54, 1.807) is 0 Å². The molecule has 1 fully saturated rings. The summed E-state index contributed by atoms with van der Waals surface area (Å²) in [6, 6.07) is 9.92. The highest BCUT2D eigenvalue weighted by molar-refractivity contribution is 5.85. The van der Waals surface area contributed by atoms with Crippen molar-refractivity contribution in [3.05, 3.63) is 35.9 Å². The first-order valence-corrected chi connectivity index (χ1v) is 8.28. The van der Waals surface area contributed by atoms with Crippen LogP contribution in [0.15, 0.2) is 30.3 Å². The maximum atomic E-state index is 12.9. The van der Waals surface area contributed by atoms with Gasteiger partial charge in [0.05, 0.1) is 0 Å². The number of halogens is 2. The molecule has 1 unspecified atom stereocenters. The Morgan fingerprint density at radius 2 is 1.79 bits per heavy atom. The first-order chi connectivity index (χ1) is 10.6. The Morgan fingerprint density at radius 1 is 1.21 bits per heavy atom. The summed E-state index contributed by atoms with van der Waals surface area (Å²) >= 11 is 0. The molecule has 2 rings (SSSR count). The fourth-order valence-electron chi connectivity index (χ4n) is 3.26. The highest BCUT2D eigenvalue weighted by atomic mass is 35.5. The van der Waals surface area contributed by atoms with Crippen molar-refractivity contribution in [2.45, 2.75) is 25.3 Å². The molecule has 1 amide bonds. The van der Waals surface area contributed by atoms with Crippen LogP contribution >= 0.6 is 24.8 Å². The molecule has 4 nitrogen and oxygen atoms in total. The van der Waals surface area contributed by atoms with Gasteiger partial charge in [-0.15, -0.1) is 24.8 Å². The first kappa shape index (κ1) is 23.2. The second-order valence-electron chi connectivity index (χ2n) is 6.44. The van der Waals surface area contributed by atoms with Crippen LogP contribution in [0.1, 0.15) is 30.9 Å². The summed E-state index contributed by atoms with van der Waals surface area (Å²) < 4.78 is 0. The Kier molecular flexibility index (Phi) is 11.3. The van der Waals surface area contributed by atoms with Crippen LogP contribution in [0.2, 0.25) is 0 Å². The molecular formula is C18H31Cl2N3O. The average molecular weight is 376 g/mol. The van der Waals surface area contributed by atoms with Crippen molar-refractivity contribution in [2.75, 3.05) is 40.8 Å². The quantitative estimate of drug-likeness (QED) is 0.829. The fourth-order valence-corrected chi connectivity index (χ4v) is 3.26. The number of hydrogen-bond acceptors (Lipinski definition) is 3. The van der Waals surface area contributed by atoms with E-state index in [9.17, 15) is 4.79 Å². The van der Waals surface area contributed by atoms with Crippen LogP contribution in [0.5, 0.6) is 0 Å². The molecule has 1 aromatic carbocycles. The molecule has 0 saturated carbocycles. The first-order valence-electron chi connectivity index (χ1n) is 8.28. The zero-order chi connectivity index (χ0) is 15.9. The summed E-state index contributed by atoms with van der Waals surface area (Å²) in [4.78, 5) is 17.0. The van der Waals surface area contributed by atoms with E-state index in [2.05, 4.69) is 5.32 Å². The van der Waals surface area contributed by atoms with Crippen molar-refractivity contribution in [3.8, 4) is 0 Å². The van der Waals surface area contributed by atoms with E-state index in [1.807, 2.05) is 61.3 Å². The minimum atomic E-state index is -0.171. The number of likely N-dealkylation sites (N-methyl/N-ethyl adjacent to an activating group) is 1.